The standard InChI is InChI=1S/C11H21N3O4/c1-7(9(15)14-10(12)16)17-5-8-4-13-6-11(2,3)18-8/h7-8,13H,4-6H2,1-3H3,(H3,12,14,15,16). The zero-order chi connectivity index (χ0) is 13.8. The summed E-state index contributed by atoms with van der Waals surface area (Å²) >= 11 is 0. The lowest BCUT2D eigenvalue weighted by Gasteiger charge is -2.36. The van der Waals surface area contributed by atoms with Crippen LogP contribution in [0.2, 0.25) is 0 Å². The molecule has 1 rings (SSSR count). The lowest BCUT2D eigenvalue weighted by atomic mass is 10.1. The van der Waals surface area contributed by atoms with Gasteiger partial charge in [0.05, 0.1) is 18.3 Å². The van der Waals surface area contributed by atoms with Gasteiger partial charge in [-0.05, 0) is 20.8 Å². The van der Waals surface area contributed by atoms with Crippen LogP contribution in [0.3, 0.4) is 0 Å². The van der Waals surface area contributed by atoms with E-state index in [0.29, 0.717) is 6.54 Å². The van der Waals surface area contributed by atoms with Crippen molar-refractivity contribution in [2.45, 2.75) is 38.6 Å². The number of primary amides is 1. The summed E-state index contributed by atoms with van der Waals surface area (Å²) in [5.41, 5.74) is 4.60. The van der Waals surface area contributed by atoms with Gasteiger partial charge in [-0.3, -0.25) is 10.1 Å². The highest BCUT2D eigenvalue weighted by Gasteiger charge is 2.29. The van der Waals surface area contributed by atoms with E-state index in [-0.39, 0.29) is 18.3 Å². The molecule has 1 saturated heterocycles. The molecule has 0 aromatic carbocycles. The third kappa shape index (κ3) is 4.99. The molecule has 0 aromatic rings. The highest BCUT2D eigenvalue weighted by molar-refractivity contribution is 5.95. The van der Waals surface area contributed by atoms with Crippen LogP contribution >= 0.6 is 0 Å². The van der Waals surface area contributed by atoms with Crippen molar-refractivity contribution in [1.29, 1.82) is 0 Å². The minimum Gasteiger partial charge on any atom is -0.367 e. The van der Waals surface area contributed by atoms with Gasteiger partial charge in [0.25, 0.3) is 5.91 Å². The van der Waals surface area contributed by atoms with Crippen molar-refractivity contribution >= 4 is 11.9 Å². The fraction of sp³-hybridized carbons (Fsp3) is 0.818. The number of ether oxygens (including phenoxy) is 2. The summed E-state index contributed by atoms with van der Waals surface area (Å²) in [6, 6.07) is -0.882. The van der Waals surface area contributed by atoms with Gasteiger partial charge in [0, 0.05) is 13.1 Å². The van der Waals surface area contributed by atoms with E-state index in [0.717, 1.165) is 6.54 Å². The maximum atomic E-state index is 11.4. The Morgan fingerprint density at radius 2 is 2.28 bits per heavy atom. The highest BCUT2D eigenvalue weighted by atomic mass is 16.6. The van der Waals surface area contributed by atoms with Gasteiger partial charge in [-0.1, -0.05) is 0 Å². The number of carbonyl (C=O) groups is 2. The Labute approximate surface area is 106 Å². The zero-order valence-corrected chi connectivity index (χ0v) is 11.0. The van der Waals surface area contributed by atoms with Crippen molar-refractivity contribution < 1.29 is 19.1 Å². The Balaban J connectivity index is 2.31. The number of nitrogens with one attached hydrogen (secondary N) is 2. The molecule has 0 saturated carbocycles. The predicted octanol–water partition coefficient (Wildman–Crippen LogP) is -0.647. The molecule has 2 unspecified atom stereocenters. The number of carbonyl (C=O) groups excluding carboxylic acids is 2. The van der Waals surface area contributed by atoms with Gasteiger partial charge in [-0.25, -0.2) is 4.79 Å². The second-order valence-corrected chi connectivity index (χ2v) is 4.96. The van der Waals surface area contributed by atoms with E-state index >= 15 is 0 Å². The first-order valence-electron chi connectivity index (χ1n) is 5.90. The number of urea groups is 1. The van der Waals surface area contributed by atoms with Crippen molar-refractivity contribution in [3.8, 4) is 0 Å². The van der Waals surface area contributed by atoms with Crippen LogP contribution in [0.15, 0.2) is 0 Å². The zero-order valence-electron chi connectivity index (χ0n) is 11.0. The fourth-order valence-corrected chi connectivity index (χ4v) is 1.71. The number of rotatable bonds is 4. The molecule has 0 spiro atoms. The van der Waals surface area contributed by atoms with Crippen LogP contribution in [0.4, 0.5) is 4.79 Å². The minimum atomic E-state index is -0.882. The van der Waals surface area contributed by atoms with E-state index in [1.54, 1.807) is 6.92 Å². The van der Waals surface area contributed by atoms with Gasteiger partial charge in [0.15, 0.2) is 0 Å². The number of morpholine rings is 1. The van der Waals surface area contributed by atoms with E-state index in [9.17, 15) is 9.59 Å². The predicted molar refractivity (Wildman–Crippen MR) is 65.0 cm³/mol. The fourth-order valence-electron chi connectivity index (χ4n) is 1.71. The van der Waals surface area contributed by atoms with E-state index in [2.05, 4.69) is 5.32 Å². The molecule has 4 N–H and O–H groups in total. The van der Waals surface area contributed by atoms with Crippen molar-refractivity contribution in [1.82, 2.24) is 10.6 Å². The molecule has 7 nitrogen and oxygen atoms in total. The van der Waals surface area contributed by atoms with Gasteiger partial charge in [-0.15, -0.1) is 0 Å². The molecule has 3 amide bonds. The van der Waals surface area contributed by atoms with E-state index < -0.39 is 18.0 Å². The Morgan fingerprint density at radius 1 is 1.61 bits per heavy atom. The largest absolute Gasteiger partial charge is 0.367 e. The van der Waals surface area contributed by atoms with Crippen LogP contribution in [0, 0.1) is 0 Å². The van der Waals surface area contributed by atoms with Crippen molar-refractivity contribution in [3.63, 3.8) is 0 Å². The molecule has 1 heterocycles. The smallest absolute Gasteiger partial charge is 0.318 e. The van der Waals surface area contributed by atoms with Crippen LogP contribution in [-0.4, -0.2) is 49.4 Å². The Morgan fingerprint density at radius 3 is 2.83 bits per heavy atom. The van der Waals surface area contributed by atoms with E-state index in [1.165, 1.54) is 0 Å². The molecule has 0 radical (unpaired) electrons. The third-order valence-electron chi connectivity index (χ3n) is 2.56. The summed E-state index contributed by atoms with van der Waals surface area (Å²) in [5, 5.41) is 5.20. The third-order valence-corrected chi connectivity index (χ3v) is 2.56. The first-order chi connectivity index (χ1) is 8.30. The molecule has 1 fully saturated rings. The summed E-state index contributed by atoms with van der Waals surface area (Å²) in [4.78, 5) is 21.9. The Kier molecular flexibility index (Phi) is 5.06. The molecule has 7 heteroatoms. The Hall–Kier alpha value is -1.18. The molecule has 1 aliphatic heterocycles. The summed E-state index contributed by atoms with van der Waals surface area (Å²) in [6.07, 6.45) is -0.858. The van der Waals surface area contributed by atoms with Gasteiger partial charge in [0.2, 0.25) is 0 Å². The second-order valence-electron chi connectivity index (χ2n) is 4.96. The maximum absolute atomic E-state index is 11.4. The molecule has 0 bridgehead atoms. The first kappa shape index (κ1) is 14.9. The summed E-state index contributed by atoms with van der Waals surface area (Å²) in [6.45, 7) is 7.25. The number of hydrogen-bond acceptors (Lipinski definition) is 5. The average molecular weight is 259 g/mol. The topological polar surface area (TPSA) is 103 Å². The van der Waals surface area contributed by atoms with Crippen LogP contribution in [0.5, 0.6) is 0 Å². The Bertz CT molecular complexity index is 319. The molecule has 2 atom stereocenters. The maximum Gasteiger partial charge on any atom is 0.318 e. The van der Waals surface area contributed by atoms with Crippen molar-refractivity contribution in [2.75, 3.05) is 19.7 Å². The van der Waals surface area contributed by atoms with Gasteiger partial charge >= 0.3 is 6.03 Å². The molecule has 0 aliphatic carbocycles. The van der Waals surface area contributed by atoms with Crippen LogP contribution in [0.25, 0.3) is 0 Å². The quantitative estimate of drug-likeness (QED) is 0.623. The molecule has 0 aromatic heterocycles. The molecule has 1 aliphatic rings. The first-order valence-corrected chi connectivity index (χ1v) is 5.90. The van der Waals surface area contributed by atoms with Crippen LogP contribution in [0.1, 0.15) is 20.8 Å². The van der Waals surface area contributed by atoms with Crippen molar-refractivity contribution in [2.24, 2.45) is 5.73 Å². The molecule has 18 heavy (non-hydrogen) atoms. The summed E-state index contributed by atoms with van der Waals surface area (Å²) < 4.78 is 11.1. The molecular formula is C11H21N3O4. The molecular weight excluding hydrogens is 238 g/mol. The highest BCUT2D eigenvalue weighted by Crippen LogP contribution is 2.15. The number of amides is 3. The summed E-state index contributed by atoms with van der Waals surface area (Å²) in [5.74, 6) is -0.550. The lowest BCUT2D eigenvalue weighted by molar-refractivity contribution is -0.144. The number of imide groups is 1. The lowest BCUT2D eigenvalue weighted by Crippen LogP contribution is -2.52. The van der Waals surface area contributed by atoms with Crippen LogP contribution < -0.4 is 16.4 Å². The van der Waals surface area contributed by atoms with Gasteiger partial charge in [0.1, 0.15) is 6.10 Å². The van der Waals surface area contributed by atoms with E-state index in [4.69, 9.17) is 15.2 Å². The monoisotopic (exact) mass is 259 g/mol. The van der Waals surface area contributed by atoms with Crippen molar-refractivity contribution in [3.05, 3.63) is 0 Å². The molecule has 104 valence electrons. The van der Waals surface area contributed by atoms with Crippen LogP contribution in [-0.2, 0) is 14.3 Å². The summed E-state index contributed by atoms with van der Waals surface area (Å²) in [7, 11) is 0. The van der Waals surface area contributed by atoms with Gasteiger partial charge in [-0.2, -0.15) is 0 Å². The SMILES string of the molecule is CC(OCC1CNCC(C)(C)O1)C(=O)NC(N)=O. The number of hydrogen-bond donors (Lipinski definition) is 3. The number of nitrogens with two attached hydrogens (primary N) is 1. The minimum absolute atomic E-state index is 0.113. The average Bonchev–Trinajstić information content (AvgIpc) is 2.23. The normalized spacial score (nSPS) is 24.3. The van der Waals surface area contributed by atoms with Gasteiger partial charge < -0.3 is 20.5 Å². The van der Waals surface area contributed by atoms with E-state index in [1.807, 2.05) is 19.2 Å². The second kappa shape index (κ2) is 6.12.